The number of hydrogen-bond acceptors (Lipinski definition) is 5. The van der Waals surface area contributed by atoms with E-state index in [2.05, 4.69) is 5.32 Å². The predicted octanol–water partition coefficient (Wildman–Crippen LogP) is 3.64. The fourth-order valence-electron chi connectivity index (χ4n) is 3.34. The molecule has 31 heavy (non-hydrogen) atoms. The quantitative estimate of drug-likeness (QED) is 0.660. The summed E-state index contributed by atoms with van der Waals surface area (Å²) in [5, 5.41) is 3.23. The second kappa shape index (κ2) is 9.82. The largest absolute Gasteiger partial charge is 0.495 e. The van der Waals surface area contributed by atoms with Gasteiger partial charge in [-0.05, 0) is 54.8 Å². The van der Waals surface area contributed by atoms with E-state index in [4.69, 9.17) is 21.1 Å². The van der Waals surface area contributed by atoms with Crippen LogP contribution in [0.3, 0.4) is 0 Å². The van der Waals surface area contributed by atoms with Gasteiger partial charge in [-0.1, -0.05) is 23.7 Å². The van der Waals surface area contributed by atoms with E-state index in [1.54, 1.807) is 24.3 Å². The topological polar surface area (TPSA) is 84.9 Å². The minimum Gasteiger partial charge on any atom is -0.495 e. The summed E-state index contributed by atoms with van der Waals surface area (Å²) in [7, 11) is -2.33. The summed E-state index contributed by atoms with van der Waals surface area (Å²) in [6.07, 6.45) is 2.88. The molecular formula is C22H25ClN2O5S. The van der Waals surface area contributed by atoms with Gasteiger partial charge in [0.15, 0.2) is 0 Å². The highest BCUT2D eigenvalue weighted by molar-refractivity contribution is 7.89. The van der Waals surface area contributed by atoms with Crippen LogP contribution in [0.4, 0.5) is 5.69 Å². The number of ether oxygens (including phenoxy) is 2. The Morgan fingerprint density at radius 1 is 1.19 bits per heavy atom. The summed E-state index contributed by atoms with van der Waals surface area (Å²) in [6, 6.07) is 8.46. The van der Waals surface area contributed by atoms with Crippen molar-refractivity contribution in [3.05, 3.63) is 58.1 Å². The average molecular weight is 465 g/mol. The van der Waals surface area contributed by atoms with Crippen LogP contribution in [-0.4, -0.2) is 52.0 Å². The molecule has 1 N–H and O–H groups in total. The summed E-state index contributed by atoms with van der Waals surface area (Å²) in [6.45, 7) is 5.06. The number of anilines is 1. The first-order valence-corrected chi connectivity index (χ1v) is 11.6. The van der Waals surface area contributed by atoms with Gasteiger partial charge in [0.05, 0.1) is 31.0 Å². The van der Waals surface area contributed by atoms with Crippen LogP contribution in [0.15, 0.2) is 41.3 Å². The molecule has 1 aliphatic heterocycles. The molecule has 0 saturated carbocycles. The minimum absolute atomic E-state index is 0.0527. The van der Waals surface area contributed by atoms with Gasteiger partial charge in [0.2, 0.25) is 15.9 Å². The van der Waals surface area contributed by atoms with Crippen molar-refractivity contribution in [1.82, 2.24) is 4.31 Å². The van der Waals surface area contributed by atoms with Crippen LogP contribution in [0.1, 0.15) is 16.7 Å². The molecular weight excluding hydrogens is 440 g/mol. The molecule has 7 nitrogen and oxygen atoms in total. The van der Waals surface area contributed by atoms with Gasteiger partial charge in [0.1, 0.15) is 10.6 Å². The van der Waals surface area contributed by atoms with E-state index in [1.807, 2.05) is 19.9 Å². The zero-order valence-electron chi connectivity index (χ0n) is 17.6. The van der Waals surface area contributed by atoms with E-state index in [0.717, 1.165) is 11.1 Å². The number of morpholine rings is 1. The van der Waals surface area contributed by atoms with Crippen molar-refractivity contribution in [3.63, 3.8) is 0 Å². The Kier molecular flexibility index (Phi) is 7.38. The van der Waals surface area contributed by atoms with Crippen LogP contribution in [0.25, 0.3) is 6.08 Å². The van der Waals surface area contributed by atoms with Crippen molar-refractivity contribution in [2.24, 2.45) is 0 Å². The summed E-state index contributed by atoms with van der Waals surface area (Å²) in [5.74, 6) is -0.127. The van der Waals surface area contributed by atoms with Crippen LogP contribution >= 0.6 is 11.6 Å². The number of halogens is 1. The summed E-state index contributed by atoms with van der Waals surface area (Å²) >= 11 is 6.24. The van der Waals surface area contributed by atoms with Crippen molar-refractivity contribution in [2.45, 2.75) is 18.7 Å². The molecule has 1 heterocycles. The SMILES string of the molecule is COc1ccc(C=CC(=O)Nc2c(C)cc(C)cc2Cl)cc1S(=O)(=O)N1CCOCC1. The molecule has 0 bridgehead atoms. The molecule has 0 radical (unpaired) electrons. The Labute approximate surface area is 187 Å². The predicted molar refractivity (Wildman–Crippen MR) is 121 cm³/mol. The molecule has 1 aliphatic rings. The van der Waals surface area contributed by atoms with Gasteiger partial charge in [0, 0.05) is 19.2 Å². The number of aryl methyl sites for hydroxylation is 2. The van der Waals surface area contributed by atoms with Gasteiger partial charge in [-0.2, -0.15) is 4.31 Å². The Hall–Kier alpha value is -2.39. The summed E-state index contributed by atoms with van der Waals surface area (Å²) in [4.78, 5) is 12.5. The fourth-order valence-corrected chi connectivity index (χ4v) is 5.30. The first-order valence-electron chi connectivity index (χ1n) is 9.74. The highest BCUT2D eigenvalue weighted by Gasteiger charge is 2.29. The van der Waals surface area contributed by atoms with Crippen LogP contribution in [-0.2, 0) is 19.6 Å². The molecule has 166 valence electrons. The van der Waals surface area contributed by atoms with E-state index in [9.17, 15) is 13.2 Å². The maximum atomic E-state index is 13.1. The first-order chi connectivity index (χ1) is 14.7. The molecule has 1 saturated heterocycles. The summed E-state index contributed by atoms with van der Waals surface area (Å²) in [5.41, 5.74) is 2.96. The molecule has 0 aromatic heterocycles. The number of benzene rings is 2. The Morgan fingerprint density at radius 2 is 1.90 bits per heavy atom. The highest BCUT2D eigenvalue weighted by Crippen LogP contribution is 2.29. The third kappa shape index (κ3) is 5.46. The number of carbonyl (C=O) groups excluding carboxylic acids is 1. The van der Waals surface area contributed by atoms with E-state index in [0.29, 0.717) is 29.5 Å². The average Bonchev–Trinajstić information content (AvgIpc) is 2.75. The zero-order valence-corrected chi connectivity index (χ0v) is 19.2. The second-order valence-corrected chi connectivity index (χ2v) is 9.50. The number of hydrogen-bond donors (Lipinski definition) is 1. The molecule has 0 atom stereocenters. The number of sulfonamides is 1. The molecule has 1 amide bonds. The Morgan fingerprint density at radius 3 is 2.55 bits per heavy atom. The van der Waals surface area contributed by atoms with Gasteiger partial charge in [-0.25, -0.2) is 8.42 Å². The molecule has 2 aromatic carbocycles. The number of nitrogens with zero attached hydrogens (tertiary/aromatic N) is 1. The van der Waals surface area contributed by atoms with Gasteiger partial charge in [0.25, 0.3) is 0 Å². The van der Waals surface area contributed by atoms with Crippen molar-refractivity contribution in [2.75, 3.05) is 38.7 Å². The number of carbonyl (C=O) groups is 1. The molecule has 0 aliphatic carbocycles. The van der Waals surface area contributed by atoms with Crippen LogP contribution in [0, 0.1) is 13.8 Å². The van der Waals surface area contributed by atoms with E-state index < -0.39 is 10.0 Å². The molecule has 1 fully saturated rings. The monoisotopic (exact) mass is 464 g/mol. The lowest BCUT2D eigenvalue weighted by Crippen LogP contribution is -2.40. The lowest BCUT2D eigenvalue weighted by molar-refractivity contribution is -0.111. The van der Waals surface area contributed by atoms with Crippen molar-refractivity contribution >= 4 is 39.3 Å². The van der Waals surface area contributed by atoms with Gasteiger partial charge in [-0.3, -0.25) is 4.79 Å². The van der Waals surface area contributed by atoms with Crippen LogP contribution in [0.5, 0.6) is 5.75 Å². The molecule has 2 aromatic rings. The standard InChI is InChI=1S/C22H25ClN2O5S/c1-15-12-16(2)22(18(23)13-15)24-21(26)7-5-17-4-6-19(29-3)20(14-17)31(27,28)25-8-10-30-11-9-25/h4-7,12-14H,8-11H2,1-3H3,(H,24,26). The van der Waals surface area contributed by atoms with Gasteiger partial charge < -0.3 is 14.8 Å². The highest BCUT2D eigenvalue weighted by atomic mass is 35.5. The third-order valence-corrected chi connectivity index (χ3v) is 7.10. The minimum atomic E-state index is -3.75. The Balaban J connectivity index is 1.83. The fraction of sp³-hybridized carbons (Fsp3) is 0.318. The maximum Gasteiger partial charge on any atom is 0.248 e. The van der Waals surface area contributed by atoms with Gasteiger partial charge >= 0.3 is 0 Å². The number of nitrogens with one attached hydrogen (secondary N) is 1. The zero-order chi connectivity index (χ0) is 22.6. The lowest BCUT2D eigenvalue weighted by atomic mass is 10.1. The molecule has 9 heteroatoms. The second-order valence-electron chi connectivity index (χ2n) is 7.19. The smallest absolute Gasteiger partial charge is 0.248 e. The van der Waals surface area contributed by atoms with Crippen LogP contribution in [0.2, 0.25) is 5.02 Å². The third-order valence-electron chi connectivity index (χ3n) is 4.88. The summed E-state index contributed by atoms with van der Waals surface area (Å²) < 4.78 is 38.0. The maximum absolute atomic E-state index is 13.1. The van der Waals surface area contributed by atoms with Gasteiger partial charge in [-0.15, -0.1) is 0 Å². The normalized spacial score (nSPS) is 15.2. The van der Waals surface area contributed by atoms with Crippen molar-refractivity contribution < 1.29 is 22.7 Å². The van der Waals surface area contributed by atoms with E-state index in [-0.39, 0.29) is 29.6 Å². The number of methoxy groups -OCH3 is 1. The van der Waals surface area contributed by atoms with E-state index >= 15 is 0 Å². The van der Waals surface area contributed by atoms with Crippen molar-refractivity contribution in [1.29, 1.82) is 0 Å². The van der Waals surface area contributed by atoms with Crippen LogP contribution < -0.4 is 10.1 Å². The van der Waals surface area contributed by atoms with Crippen molar-refractivity contribution in [3.8, 4) is 5.75 Å². The first kappa shape index (κ1) is 23.3. The molecule has 3 rings (SSSR count). The van der Waals surface area contributed by atoms with E-state index in [1.165, 1.54) is 23.6 Å². The molecule has 0 spiro atoms. The lowest BCUT2D eigenvalue weighted by Gasteiger charge is -2.26. The number of amides is 1. The molecule has 0 unspecified atom stereocenters. The number of rotatable bonds is 6. The Bertz CT molecular complexity index is 1090.